The van der Waals surface area contributed by atoms with Crippen LogP contribution in [0.25, 0.3) is 0 Å². The summed E-state index contributed by atoms with van der Waals surface area (Å²) < 4.78 is 5.15. The zero-order valence-corrected chi connectivity index (χ0v) is 12.6. The number of carboxylic acids is 1. The molecule has 1 heterocycles. The summed E-state index contributed by atoms with van der Waals surface area (Å²) in [4.78, 5) is 22.8. The van der Waals surface area contributed by atoms with Gasteiger partial charge in [-0.1, -0.05) is 0 Å². The molecule has 0 aromatic heterocycles. The standard InChI is InChI=1S/C13H23NO4S/c1-13(2,3)18-12(17)14-8-9-4-6-19-7-5-10(9)11(15)16/h9-10H,4-8H2,1-3H3,(H,14,17)(H,15,16)/t9-,10+/m0/s1. The molecule has 5 nitrogen and oxygen atoms in total. The zero-order valence-electron chi connectivity index (χ0n) is 11.8. The van der Waals surface area contributed by atoms with Gasteiger partial charge in [0.25, 0.3) is 0 Å². The number of alkyl carbamates (subject to hydrolysis) is 1. The van der Waals surface area contributed by atoms with Crippen LogP contribution in [0.1, 0.15) is 33.6 Å². The molecule has 0 saturated carbocycles. The maximum absolute atomic E-state index is 11.6. The maximum Gasteiger partial charge on any atom is 0.407 e. The Balaban J connectivity index is 2.48. The second kappa shape index (κ2) is 7.03. The fourth-order valence-corrected chi connectivity index (χ4v) is 3.18. The first-order valence-corrected chi connectivity index (χ1v) is 7.72. The van der Waals surface area contributed by atoms with Crippen molar-refractivity contribution in [2.45, 2.75) is 39.2 Å². The fraction of sp³-hybridized carbons (Fsp3) is 0.846. The predicted molar refractivity (Wildman–Crippen MR) is 75.4 cm³/mol. The summed E-state index contributed by atoms with van der Waals surface area (Å²) in [7, 11) is 0. The molecule has 1 fully saturated rings. The Labute approximate surface area is 118 Å². The lowest BCUT2D eigenvalue weighted by Gasteiger charge is -2.24. The van der Waals surface area contributed by atoms with Crippen LogP contribution in [0.15, 0.2) is 0 Å². The quantitative estimate of drug-likeness (QED) is 0.834. The Morgan fingerprint density at radius 3 is 2.53 bits per heavy atom. The number of carbonyl (C=O) groups is 2. The number of hydrogen-bond donors (Lipinski definition) is 2. The zero-order chi connectivity index (χ0) is 14.5. The Morgan fingerprint density at radius 1 is 1.32 bits per heavy atom. The number of rotatable bonds is 3. The number of thioether (sulfide) groups is 1. The summed E-state index contributed by atoms with van der Waals surface area (Å²) >= 11 is 1.78. The Kier molecular flexibility index (Phi) is 5.97. The summed E-state index contributed by atoms with van der Waals surface area (Å²) in [5.41, 5.74) is -0.532. The molecule has 0 aromatic carbocycles. The number of carboxylic acid groups (broad SMARTS) is 1. The molecule has 0 aromatic rings. The first-order valence-electron chi connectivity index (χ1n) is 6.57. The van der Waals surface area contributed by atoms with E-state index < -0.39 is 17.7 Å². The average Bonchev–Trinajstić information content (AvgIpc) is 2.48. The number of aliphatic carboxylic acids is 1. The summed E-state index contributed by atoms with van der Waals surface area (Å²) in [6, 6.07) is 0. The van der Waals surface area contributed by atoms with Gasteiger partial charge in [-0.25, -0.2) is 4.79 Å². The molecule has 1 amide bonds. The third-order valence-electron chi connectivity index (χ3n) is 3.00. The molecule has 1 aliphatic rings. The summed E-state index contributed by atoms with van der Waals surface area (Å²) in [5, 5.41) is 11.9. The van der Waals surface area contributed by atoms with Gasteiger partial charge in [0.2, 0.25) is 0 Å². The van der Waals surface area contributed by atoms with Gasteiger partial charge >= 0.3 is 12.1 Å². The van der Waals surface area contributed by atoms with Crippen molar-refractivity contribution in [3.05, 3.63) is 0 Å². The largest absolute Gasteiger partial charge is 0.481 e. The number of amides is 1. The topological polar surface area (TPSA) is 75.6 Å². The lowest BCUT2D eigenvalue weighted by Crippen LogP contribution is -2.38. The number of carbonyl (C=O) groups excluding carboxylic acids is 1. The average molecular weight is 289 g/mol. The molecule has 0 radical (unpaired) electrons. The molecule has 19 heavy (non-hydrogen) atoms. The third-order valence-corrected chi connectivity index (χ3v) is 4.05. The smallest absolute Gasteiger partial charge is 0.407 e. The van der Waals surface area contributed by atoms with Crippen molar-refractivity contribution in [2.75, 3.05) is 18.1 Å². The lowest BCUT2D eigenvalue weighted by atomic mass is 9.88. The minimum atomic E-state index is -0.765. The Morgan fingerprint density at radius 2 is 1.95 bits per heavy atom. The van der Waals surface area contributed by atoms with Gasteiger partial charge in [0.05, 0.1) is 5.92 Å². The van der Waals surface area contributed by atoms with Crippen LogP contribution >= 0.6 is 11.8 Å². The van der Waals surface area contributed by atoms with Gasteiger partial charge in [-0.05, 0) is 51.0 Å². The second-order valence-electron chi connectivity index (χ2n) is 5.78. The highest BCUT2D eigenvalue weighted by Gasteiger charge is 2.30. The molecule has 110 valence electrons. The number of nitrogens with one attached hydrogen (secondary N) is 1. The molecule has 0 unspecified atom stereocenters. The van der Waals surface area contributed by atoms with Crippen molar-refractivity contribution >= 4 is 23.8 Å². The molecule has 0 bridgehead atoms. The van der Waals surface area contributed by atoms with E-state index in [2.05, 4.69) is 5.32 Å². The van der Waals surface area contributed by atoms with Gasteiger partial charge in [0.1, 0.15) is 5.60 Å². The highest BCUT2D eigenvalue weighted by Crippen LogP contribution is 2.27. The van der Waals surface area contributed by atoms with E-state index in [4.69, 9.17) is 4.74 Å². The van der Waals surface area contributed by atoms with Crippen LogP contribution in [0.5, 0.6) is 0 Å². The van der Waals surface area contributed by atoms with Gasteiger partial charge in [-0.3, -0.25) is 4.79 Å². The number of ether oxygens (including phenoxy) is 1. The van der Waals surface area contributed by atoms with Gasteiger partial charge in [-0.15, -0.1) is 0 Å². The van der Waals surface area contributed by atoms with Crippen LogP contribution in [-0.4, -0.2) is 40.8 Å². The van der Waals surface area contributed by atoms with E-state index in [1.54, 1.807) is 32.5 Å². The number of hydrogen-bond acceptors (Lipinski definition) is 4. The van der Waals surface area contributed by atoms with Gasteiger partial charge in [0.15, 0.2) is 0 Å². The molecule has 0 aliphatic carbocycles. The van der Waals surface area contributed by atoms with Crippen molar-refractivity contribution in [3.63, 3.8) is 0 Å². The van der Waals surface area contributed by atoms with Gasteiger partial charge in [0, 0.05) is 6.54 Å². The normalized spacial score (nSPS) is 24.4. The lowest BCUT2D eigenvalue weighted by molar-refractivity contribution is -0.143. The molecule has 2 atom stereocenters. The minimum Gasteiger partial charge on any atom is -0.481 e. The van der Waals surface area contributed by atoms with E-state index >= 15 is 0 Å². The molecule has 2 N–H and O–H groups in total. The van der Waals surface area contributed by atoms with Crippen molar-refractivity contribution < 1.29 is 19.4 Å². The summed E-state index contributed by atoms with van der Waals surface area (Å²) in [6.45, 7) is 5.77. The molecule has 6 heteroatoms. The van der Waals surface area contributed by atoms with Crippen LogP contribution < -0.4 is 5.32 Å². The van der Waals surface area contributed by atoms with Crippen molar-refractivity contribution in [3.8, 4) is 0 Å². The molecular formula is C13H23NO4S. The molecule has 0 spiro atoms. The maximum atomic E-state index is 11.6. The van der Waals surface area contributed by atoms with Crippen LogP contribution in [-0.2, 0) is 9.53 Å². The Hall–Kier alpha value is -0.910. The SMILES string of the molecule is CC(C)(C)OC(=O)NC[C@@H]1CCSCC[C@H]1C(=O)O. The molecule has 1 rings (SSSR count). The van der Waals surface area contributed by atoms with E-state index in [1.165, 1.54) is 0 Å². The van der Waals surface area contributed by atoms with E-state index in [9.17, 15) is 14.7 Å². The predicted octanol–water partition coefficient (Wildman–Crippen LogP) is 2.36. The van der Waals surface area contributed by atoms with Crippen molar-refractivity contribution in [1.82, 2.24) is 5.32 Å². The highest BCUT2D eigenvalue weighted by atomic mass is 32.2. The van der Waals surface area contributed by atoms with Crippen LogP contribution in [0.3, 0.4) is 0 Å². The van der Waals surface area contributed by atoms with E-state index in [0.29, 0.717) is 13.0 Å². The van der Waals surface area contributed by atoms with Crippen LogP contribution in [0.2, 0.25) is 0 Å². The van der Waals surface area contributed by atoms with Crippen LogP contribution in [0, 0.1) is 11.8 Å². The molecular weight excluding hydrogens is 266 g/mol. The third kappa shape index (κ3) is 6.18. The van der Waals surface area contributed by atoms with E-state index in [0.717, 1.165) is 17.9 Å². The van der Waals surface area contributed by atoms with Crippen molar-refractivity contribution in [2.24, 2.45) is 11.8 Å². The first kappa shape index (κ1) is 16.1. The molecule has 1 aliphatic heterocycles. The fourth-order valence-electron chi connectivity index (χ4n) is 2.08. The van der Waals surface area contributed by atoms with Crippen molar-refractivity contribution in [1.29, 1.82) is 0 Å². The van der Waals surface area contributed by atoms with Gasteiger partial charge < -0.3 is 15.2 Å². The summed E-state index contributed by atoms with van der Waals surface area (Å²) in [6.07, 6.45) is 1.01. The van der Waals surface area contributed by atoms with Gasteiger partial charge in [-0.2, -0.15) is 11.8 Å². The van der Waals surface area contributed by atoms with E-state index in [-0.39, 0.29) is 11.8 Å². The monoisotopic (exact) mass is 289 g/mol. The van der Waals surface area contributed by atoms with E-state index in [1.807, 2.05) is 0 Å². The molecule has 1 saturated heterocycles. The first-order chi connectivity index (χ1) is 8.79. The Bertz CT molecular complexity index is 327. The highest BCUT2D eigenvalue weighted by molar-refractivity contribution is 7.99. The van der Waals surface area contributed by atoms with Crippen LogP contribution in [0.4, 0.5) is 4.79 Å². The second-order valence-corrected chi connectivity index (χ2v) is 7.00. The summed E-state index contributed by atoms with van der Waals surface area (Å²) in [5.74, 6) is 0.674. The minimum absolute atomic E-state index is 0.0139.